The number of benzene rings is 4. The number of anilines is 8. The van der Waals surface area contributed by atoms with E-state index in [1.54, 1.807) is 26.6 Å². The average Bonchev–Trinajstić information content (AvgIpc) is 4.02. The van der Waals surface area contributed by atoms with Crippen LogP contribution in [0.25, 0.3) is 44.3 Å². The average molecular weight is 1040 g/mol. The third-order valence-corrected chi connectivity index (χ3v) is 14.2. The number of rotatable bonds is 14. The van der Waals surface area contributed by atoms with E-state index in [2.05, 4.69) is 126 Å². The Morgan fingerprint density at radius 3 is 1.60 bits per heavy atom. The predicted octanol–water partition coefficient (Wildman–Crippen LogP) is 11.2. The van der Waals surface area contributed by atoms with Gasteiger partial charge in [0.1, 0.15) is 11.5 Å². The highest BCUT2D eigenvalue weighted by atomic mass is 16.5. The van der Waals surface area contributed by atoms with E-state index in [9.17, 15) is 4.79 Å². The molecule has 77 heavy (non-hydrogen) atoms. The van der Waals surface area contributed by atoms with Crippen molar-refractivity contribution in [3.05, 3.63) is 122 Å². The highest BCUT2D eigenvalue weighted by Gasteiger charge is 2.27. The normalized spacial score (nSPS) is 15.2. The molecular weight excluding hydrogens is 965 g/mol. The largest absolute Gasteiger partial charge is 0.494 e. The van der Waals surface area contributed by atoms with Crippen molar-refractivity contribution in [2.24, 2.45) is 14.1 Å². The van der Waals surface area contributed by atoms with Crippen molar-refractivity contribution in [3.63, 3.8) is 0 Å². The lowest BCUT2D eigenvalue weighted by Gasteiger charge is -2.38. The van der Waals surface area contributed by atoms with Crippen molar-refractivity contribution in [1.29, 1.82) is 0 Å². The number of carbonyl (C=O) groups excluding carboxylic acids is 1. The van der Waals surface area contributed by atoms with Crippen molar-refractivity contribution >= 4 is 73.7 Å². The minimum Gasteiger partial charge on any atom is -0.494 e. The van der Waals surface area contributed by atoms with Gasteiger partial charge < -0.3 is 59.9 Å². The summed E-state index contributed by atoms with van der Waals surface area (Å²) in [5.74, 6) is 1.99. The number of nitrogens with one attached hydrogen (secondary N) is 3. The number of methoxy groups -OCH3 is 2. The number of aromatic nitrogens is 6. The Labute approximate surface area is 454 Å². The Kier molecular flexibility index (Phi) is 18.8. The first kappa shape index (κ1) is 56.6. The molecule has 8 aromatic rings. The number of piperidine rings is 2. The molecule has 2 unspecified atom stereocenters. The number of ether oxygens (including phenoxy) is 2. The zero-order valence-electron chi connectivity index (χ0n) is 45.8. The van der Waals surface area contributed by atoms with Gasteiger partial charge in [-0.2, -0.15) is 0 Å². The van der Waals surface area contributed by atoms with Crippen molar-refractivity contribution < 1.29 is 14.3 Å². The maximum atomic E-state index is 12.4. The second-order valence-electron chi connectivity index (χ2n) is 19.4. The third-order valence-electron chi connectivity index (χ3n) is 14.2. The molecule has 6 heterocycles. The summed E-state index contributed by atoms with van der Waals surface area (Å²) in [5, 5.41) is 11.9. The number of aryl methyl sites for hydroxylation is 2. The van der Waals surface area contributed by atoms with Gasteiger partial charge in [-0.3, -0.25) is 4.79 Å². The zero-order valence-corrected chi connectivity index (χ0v) is 45.8. The summed E-state index contributed by atoms with van der Waals surface area (Å²) in [6.45, 7) is 11.3. The number of amides is 1. The molecule has 0 radical (unpaired) electrons. The van der Waals surface area contributed by atoms with Crippen molar-refractivity contribution in [2.75, 3.05) is 100 Å². The van der Waals surface area contributed by atoms with Crippen LogP contribution in [0.15, 0.2) is 122 Å². The summed E-state index contributed by atoms with van der Waals surface area (Å²) in [5.41, 5.74) is 17.3. The number of nitrogens with two attached hydrogens (primary N) is 1. The van der Waals surface area contributed by atoms with Crippen molar-refractivity contribution in [1.82, 2.24) is 38.9 Å². The minimum atomic E-state index is -0.275. The lowest BCUT2D eigenvalue weighted by molar-refractivity contribution is -0.111. The lowest BCUT2D eigenvalue weighted by atomic mass is 10.0. The second-order valence-corrected chi connectivity index (χ2v) is 19.4. The number of nitrogen functional groups attached to an aromatic ring is 1. The molecule has 406 valence electrons. The molecule has 1 amide bonds. The number of likely N-dealkylation sites (N-methyl/N-ethyl adjacent to an activating group) is 2. The molecule has 4 aromatic heterocycles. The summed E-state index contributed by atoms with van der Waals surface area (Å²) in [7, 11) is 15.9. The van der Waals surface area contributed by atoms with Gasteiger partial charge in [-0.1, -0.05) is 64.3 Å². The van der Waals surface area contributed by atoms with E-state index in [4.69, 9.17) is 25.2 Å². The maximum Gasteiger partial charge on any atom is 0.247 e. The smallest absolute Gasteiger partial charge is 0.247 e. The molecule has 17 nitrogen and oxygen atoms in total. The number of hydrogen-bond donors (Lipinski definition) is 4. The molecule has 2 fully saturated rings. The van der Waals surface area contributed by atoms with Gasteiger partial charge in [-0.05, 0) is 96.3 Å². The zero-order chi connectivity index (χ0) is 54.0. The van der Waals surface area contributed by atoms with Gasteiger partial charge in [0.05, 0.1) is 59.7 Å². The first-order valence-electron chi connectivity index (χ1n) is 26.1. The van der Waals surface area contributed by atoms with Gasteiger partial charge >= 0.3 is 0 Å². The van der Waals surface area contributed by atoms with Gasteiger partial charge in [0.25, 0.3) is 0 Å². The molecule has 2 aliphatic rings. The molecule has 0 bridgehead atoms. The second kappa shape index (κ2) is 25.6. The quantitative estimate of drug-likeness (QED) is 0.0599. The van der Waals surface area contributed by atoms with E-state index in [0.29, 0.717) is 52.5 Å². The molecule has 2 atom stereocenters. The molecule has 0 aliphatic carbocycles. The molecule has 5 N–H and O–H groups in total. The van der Waals surface area contributed by atoms with Gasteiger partial charge in [-0.25, -0.2) is 19.9 Å². The Hall–Kier alpha value is -8.15. The minimum absolute atomic E-state index is 0. The highest BCUT2D eigenvalue weighted by Crippen LogP contribution is 2.41. The Bertz CT molecular complexity index is 3290. The molecular formula is C60H78N14O3. The first-order valence-corrected chi connectivity index (χ1v) is 26.1. The Morgan fingerprint density at radius 1 is 0.675 bits per heavy atom. The van der Waals surface area contributed by atoms with E-state index in [0.717, 1.165) is 107 Å². The van der Waals surface area contributed by atoms with Crippen molar-refractivity contribution in [2.45, 2.75) is 59.0 Å². The van der Waals surface area contributed by atoms with Crippen LogP contribution in [0.3, 0.4) is 0 Å². The monoisotopic (exact) mass is 1040 g/mol. The molecule has 4 aromatic carbocycles. The SMILES string of the molecule is C.C=CC(=O)Nc1cc(Nc2nccc(-c3cn(C)c4ccccc34)n2)c(OC)cc1N1CCCC(N(C)C)C1.CC.COc1cc(N2CCCC(N(C)C)C2)c(N)cc1Nc1nccc(-c2cn(C)c3ccccc23)n1. The van der Waals surface area contributed by atoms with E-state index < -0.39 is 0 Å². The van der Waals surface area contributed by atoms with Crippen LogP contribution in [-0.2, 0) is 18.9 Å². The molecule has 2 saturated heterocycles. The topological polar surface area (TPSA) is 172 Å². The molecule has 0 saturated carbocycles. The van der Waals surface area contributed by atoms with Crippen molar-refractivity contribution in [3.8, 4) is 34.0 Å². The number of carbonyl (C=O) groups is 1. The third kappa shape index (κ3) is 12.8. The number of nitrogens with zero attached hydrogens (tertiary/aromatic N) is 10. The summed E-state index contributed by atoms with van der Waals surface area (Å²) in [6.07, 6.45) is 13.5. The van der Waals surface area contributed by atoms with Crippen LogP contribution in [0.1, 0.15) is 47.0 Å². The van der Waals surface area contributed by atoms with E-state index in [1.165, 1.54) is 12.5 Å². The van der Waals surface area contributed by atoms with Crippen LogP contribution in [0.2, 0.25) is 0 Å². The molecule has 0 spiro atoms. The fraction of sp³-hybridized carbons (Fsp3) is 0.350. The summed E-state index contributed by atoms with van der Waals surface area (Å²) >= 11 is 0. The maximum absolute atomic E-state index is 12.4. The van der Waals surface area contributed by atoms with Crippen LogP contribution in [0.4, 0.5) is 46.0 Å². The standard InChI is InChI=1S/C30H35N7O2.C27H33N7O.C2H6.CH4/c1-6-29(38)32-24-16-25(28(39-5)17-27(24)37-15-9-10-20(18-37)35(2)3)34-30-31-14-13-23(33-30)22-19-36(4)26-12-8-7-11-21(22)26;1-32(2)18-8-7-13-34(16-18)25-15-26(35-4)23(14-21(25)28)31-27-29-12-11-22(30-27)20-17-33(3)24-10-6-5-9-19(20)24;1-2;/h6-8,11-14,16-17,19-20H,1,9-10,15,18H2,2-5H3,(H,32,38)(H,31,33,34);5-6,9-12,14-15,17-18H,7-8,13,16,28H2,1-4H3,(H,29,30,31);1-2H3;1H4. The van der Waals surface area contributed by atoms with Crippen LogP contribution in [0.5, 0.6) is 11.5 Å². The number of para-hydroxylation sites is 2. The summed E-state index contributed by atoms with van der Waals surface area (Å²) in [4.78, 5) is 40.1. The van der Waals surface area contributed by atoms with Crippen LogP contribution >= 0.6 is 0 Å². The van der Waals surface area contributed by atoms with E-state index in [1.807, 2.05) is 88.6 Å². The number of fused-ring (bicyclic) bond motifs is 2. The molecule has 2 aliphatic heterocycles. The molecule has 10 rings (SSSR count). The summed E-state index contributed by atoms with van der Waals surface area (Å²) in [6, 6.07) is 29.1. The summed E-state index contributed by atoms with van der Waals surface area (Å²) < 4.78 is 15.7. The first-order chi connectivity index (χ1) is 36.8. The Balaban J connectivity index is 0.000000215. The molecule has 17 heteroatoms. The van der Waals surface area contributed by atoms with E-state index in [-0.39, 0.29) is 13.3 Å². The number of hydrogen-bond acceptors (Lipinski definition) is 14. The van der Waals surface area contributed by atoms with Gasteiger partial charge in [0.15, 0.2) is 0 Å². The van der Waals surface area contributed by atoms with Crippen LogP contribution in [-0.4, -0.2) is 125 Å². The van der Waals surface area contributed by atoms with Gasteiger partial charge in [0.2, 0.25) is 17.8 Å². The fourth-order valence-electron chi connectivity index (χ4n) is 10.2. The van der Waals surface area contributed by atoms with Crippen LogP contribution in [0, 0.1) is 0 Å². The lowest BCUT2D eigenvalue weighted by Crippen LogP contribution is -2.45. The van der Waals surface area contributed by atoms with Gasteiger partial charge in [-0.15, -0.1) is 0 Å². The highest BCUT2D eigenvalue weighted by molar-refractivity contribution is 6.02. The fourth-order valence-corrected chi connectivity index (χ4v) is 10.2. The van der Waals surface area contributed by atoms with Gasteiger partial charge in [0, 0.05) is 122 Å². The van der Waals surface area contributed by atoms with Crippen LogP contribution < -0.4 is 41.0 Å². The van der Waals surface area contributed by atoms with E-state index >= 15 is 0 Å². The Morgan fingerprint density at radius 2 is 1.13 bits per heavy atom. The predicted molar refractivity (Wildman–Crippen MR) is 320 cm³/mol.